The molecule has 156 valence electrons. The average Bonchev–Trinajstić information content (AvgIpc) is 3.16. The number of aryl methyl sites for hydroxylation is 1. The first kappa shape index (κ1) is 22.7. The van der Waals surface area contributed by atoms with Gasteiger partial charge >= 0.3 is 0 Å². The number of hydrogen-bond acceptors (Lipinski definition) is 1. The van der Waals surface area contributed by atoms with E-state index in [2.05, 4.69) is 53.0 Å². The van der Waals surface area contributed by atoms with Crippen LogP contribution in [0.1, 0.15) is 108 Å². The third-order valence-electron chi connectivity index (χ3n) is 5.76. The fraction of sp³-hybridized carbons (Fsp3) is 0.654. The van der Waals surface area contributed by atoms with Crippen LogP contribution >= 0.6 is 0 Å². The number of aromatic nitrogens is 2. The van der Waals surface area contributed by atoms with E-state index < -0.39 is 0 Å². The van der Waals surface area contributed by atoms with Gasteiger partial charge in [-0.1, -0.05) is 121 Å². The fourth-order valence-electron chi connectivity index (χ4n) is 3.97. The van der Waals surface area contributed by atoms with Gasteiger partial charge in [0.15, 0.2) is 0 Å². The van der Waals surface area contributed by atoms with Crippen molar-refractivity contribution in [2.45, 2.75) is 110 Å². The first-order chi connectivity index (χ1) is 13.9. The van der Waals surface area contributed by atoms with Gasteiger partial charge in [0.2, 0.25) is 0 Å². The van der Waals surface area contributed by atoms with Crippen molar-refractivity contribution in [2.24, 2.45) is 0 Å². The van der Waals surface area contributed by atoms with Crippen molar-refractivity contribution >= 4 is 0 Å². The van der Waals surface area contributed by atoms with Crippen LogP contribution in [0.3, 0.4) is 0 Å². The second-order valence-corrected chi connectivity index (χ2v) is 8.30. The zero-order valence-corrected chi connectivity index (χ0v) is 18.2. The number of nitrogens with zero attached hydrogens (tertiary/aromatic N) is 2. The van der Waals surface area contributed by atoms with Gasteiger partial charge in [-0.3, -0.25) is 0 Å². The molecule has 2 rings (SSSR count). The van der Waals surface area contributed by atoms with Crippen molar-refractivity contribution < 1.29 is 0 Å². The molecule has 2 aromatic rings. The van der Waals surface area contributed by atoms with Crippen LogP contribution < -0.4 is 0 Å². The van der Waals surface area contributed by atoms with Crippen LogP contribution in [0, 0.1) is 0 Å². The summed E-state index contributed by atoms with van der Waals surface area (Å²) in [6.45, 7) is 3.40. The molecule has 1 aromatic carbocycles. The molecule has 0 aliphatic heterocycles. The molecule has 0 fully saturated rings. The highest BCUT2D eigenvalue weighted by molar-refractivity contribution is 5.19. The average molecular weight is 383 g/mol. The SMILES string of the molecule is CCCCCCCCCCCCCCCCn1ccnc1Cc1ccccc1. The minimum Gasteiger partial charge on any atom is -0.335 e. The molecule has 0 atom stereocenters. The summed E-state index contributed by atoms with van der Waals surface area (Å²) in [5.41, 5.74) is 1.34. The predicted molar refractivity (Wildman–Crippen MR) is 122 cm³/mol. The van der Waals surface area contributed by atoms with E-state index in [1.807, 2.05) is 6.20 Å². The Morgan fingerprint density at radius 3 is 1.79 bits per heavy atom. The minimum atomic E-state index is 0.937. The minimum absolute atomic E-state index is 0.937. The Balaban J connectivity index is 1.43. The van der Waals surface area contributed by atoms with E-state index in [1.54, 1.807) is 0 Å². The molecule has 1 aromatic heterocycles. The van der Waals surface area contributed by atoms with Crippen molar-refractivity contribution in [2.75, 3.05) is 0 Å². The normalized spacial score (nSPS) is 11.2. The molecule has 0 radical (unpaired) electrons. The number of benzene rings is 1. The molecule has 0 saturated carbocycles. The van der Waals surface area contributed by atoms with Crippen LogP contribution in [0.4, 0.5) is 0 Å². The fourth-order valence-corrected chi connectivity index (χ4v) is 3.97. The van der Waals surface area contributed by atoms with Crippen LogP contribution in [0.5, 0.6) is 0 Å². The quantitative estimate of drug-likeness (QED) is 0.254. The monoisotopic (exact) mass is 382 g/mol. The van der Waals surface area contributed by atoms with Crippen molar-refractivity contribution in [3.05, 3.63) is 54.1 Å². The van der Waals surface area contributed by atoms with Crippen LogP contribution in [0.25, 0.3) is 0 Å². The maximum Gasteiger partial charge on any atom is 0.113 e. The summed E-state index contributed by atoms with van der Waals surface area (Å²) in [7, 11) is 0. The van der Waals surface area contributed by atoms with Gasteiger partial charge in [0.25, 0.3) is 0 Å². The van der Waals surface area contributed by atoms with E-state index in [0.717, 1.165) is 13.0 Å². The summed E-state index contributed by atoms with van der Waals surface area (Å²) >= 11 is 0. The molecule has 0 unspecified atom stereocenters. The lowest BCUT2D eigenvalue weighted by Gasteiger charge is -2.08. The molecule has 2 nitrogen and oxygen atoms in total. The zero-order chi connectivity index (χ0) is 19.7. The molecule has 28 heavy (non-hydrogen) atoms. The molecule has 0 aliphatic rings. The lowest BCUT2D eigenvalue weighted by molar-refractivity contribution is 0.521. The Labute approximate surface area is 173 Å². The van der Waals surface area contributed by atoms with Gasteiger partial charge in [-0.05, 0) is 12.0 Å². The number of rotatable bonds is 17. The van der Waals surface area contributed by atoms with Crippen LogP contribution in [0.2, 0.25) is 0 Å². The molecule has 0 aliphatic carbocycles. The van der Waals surface area contributed by atoms with E-state index >= 15 is 0 Å². The van der Waals surface area contributed by atoms with Gasteiger partial charge in [-0.25, -0.2) is 4.98 Å². The third kappa shape index (κ3) is 10.1. The Morgan fingerprint density at radius 2 is 1.21 bits per heavy atom. The van der Waals surface area contributed by atoms with Gasteiger partial charge in [0.05, 0.1) is 0 Å². The zero-order valence-electron chi connectivity index (χ0n) is 18.2. The molecular weight excluding hydrogens is 340 g/mol. The lowest BCUT2D eigenvalue weighted by atomic mass is 10.0. The van der Waals surface area contributed by atoms with Crippen molar-refractivity contribution in [3.63, 3.8) is 0 Å². The maximum absolute atomic E-state index is 4.56. The number of hydrogen-bond donors (Lipinski definition) is 0. The van der Waals surface area contributed by atoms with Gasteiger partial charge in [0.1, 0.15) is 5.82 Å². The van der Waals surface area contributed by atoms with Gasteiger partial charge < -0.3 is 4.57 Å². The van der Waals surface area contributed by atoms with Crippen LogP contribution in [0.15, 0.2) is 42.7 Å². The Morgan fingerprint density at radius 1 is 0.679 bits per heavy atom. The highest BCUT2D eigenvalue weighted by Gasteiger charge is 2.03. The Bertz CT molecular complexity index is 587. The summed E-state index contributed by atoms with van der Waals surface area (Å²) in [5.74, 6) is 1.20. The predicted octanol–water partition coefficient (Wildman–Crippen LogP) is 7.96. The van der Waals surface area contributed by atoms with Crippen molar-refractivity contribution in [1.29, 1.82) is 0 Å². The number of imidazole rings is 1. The third-order valence-corrected chi connectivity index (χ3v) is 5.76. The highest BCUT2D eigenvalue weighted by atomic mass is 15.1. The summed E-state index contributed by atoms with van der Waals surface area (Å²) in [6, 6.07) is 10.7. The molecule has 0 N–H and O–H groups in total. The van der Waals surface area contributed by atoms with E-state index in [9.17, 15) is 0 Å². The highest BCUT2D eigenvalue weighted by Crippen LogP contribution is 2.14. The molecular formula is C26H42N2. The molecule has 0 bridgehead atoms. The van der Waals surface area contributed by atoms with E-state index in [1.165, 1.54) is 101 Å². The van der Waals surface area contributed by atoms with Crippen LogP contribution in [-0.4, -0.2) is 9.55 Å². The molecule has 0 amide bonds. The second-order valence-electron chi connectivity index (χ2n) is 8.30. The van der Waals surface area contributed by atoms with Gasteiger partial charge in [0, 0.05) is 25.4 Å². The number of unbranched alkanes of at least 4 members (excludes halogenated alkanes) is 13. The maximum atomic E-state index is 4.56. The van der Waals surface area contributed by atoms with Gasteiger partial charge in [-0.15, -0.1) is 0 Å². The smallest absolute Gasteiger partial charge is 0.113 e. The molecule has 0 spiro atoms. The topological polar surface area (TPSA) is 17.8 Å². The van der Waals surface area contributed by atoms with E-state index in [-0.39, 0.29) is 0 Å². The first-order valence-electron chi connectivity index (χ1n) is 11.9. The molecule has 0 saturated heterocycles. The Hall–Kier alpha value is -1.57. The van der Waals surface area contributed by atoms with Crippen molar-refractivity contribution in [1.82, 2.24) is 9.55 Å². The Kier molecular flexibility index (Phi) is 12.5. The largest absolute Gasteiger partial charge is 0.335 e. The summed E-state index contributed by atoms with van der Waals surface area (Å²) in [5, 5.41) is 0. The van der Waals surface area contributed by atoms with E-state index in [0.29, 0.717) is 0 Å². The summed E-state index contributed by atoms with van der Waals surface area (Å²) in [4.78, 5) is 4.56. The van der Waals surface area contributed by atoms with Crippen LogP contribution in [-0.2, 0) is 13.0 Å². The molecule has 2 heteroatoms. The first-order valence-corrected chi connectivity index (χ1v) is 11.9. The summed E-state index contributed by atoms with van der Waals surface area (Å²) < 4.78 is 2.34. The van der Waals surface area contributed by atoms with Gasteiger partial charge in [-0.2, -0.15) is 0 Å². The lowest BCUT2D eigenvalue weighted by Crippen LogP contribution is -2.04. The van der Waals surface area contributed by atoms with Crippen molar-refractivity contribution in [3.8, 4) is 0 Å². The van der Waals surface area contributed by atoms with E-state index in [4.69, 9.17) is 0 Å². The summed E-state index contributed by atoms with van der Waals surface area (Å²) in [6.07, 6.45) is 24.8. The standard InChI is InChI=1S/C26H42N2/c1-2-3-4-5-6-7-8-9-10-11-12-13-14-18-22-28-23-21-27-26(28)24-25-19-16-15-17-20-25/h15-17,19-21,23H,2-14,18,22,24H2,1H3. The molecule has 1 heterocycles. The second kappa shape index (κ2) is 15.4.